The number of rotatable bonds is 8. The first-order valence-electron chi connectivity index (χ1n) is 11.8. The first-order chi connectivity index (χ1) is 17.6. The summed E-state index contributed by atoms with van der Waals surface area (Å²) in [5, 5.41) is 5.97. The molecule has 4 aromatic rings. The Hall–Kier alpha value is -3.92. The van der Waals surface area contributed by atoms with Gasteiger partial charge < -0.3 is 25.1 Å². The Morgan fingerprint density at radius 1 is 1.11 bits per heavy atom. The second-order valence-corrected chi connectivity index (χ2v) is 10.8. The number of amides is 2. The Morgan fingerprint density at radius 3 is 2.59 bits per heavy atom. The van der Waals surface area contributed by atoms with E-state index in [2.05, 4.69) is 41.4 Å². The molecule has 0 spiro atoms. The molecule has 0 fully saturated rings. The molecule has 194 valence electrons. The van der Waals surface area contributed by atoms with E-state index in [9.17, 15) is 9.59 Å². The molecule has 1 atom stereocenters. The Kier molecular flexibility index (Phi) is 7.49. The third-order valence-corrected chi connectivity index (χ3v) is 7.39. The summed E-state index contributed by atoms with van der Waals surface area (Å²) in [4.78, 5) is 39.2. The predicted molar refractivity (Wildman–Crippen MR) is 144 cm³/mol. The van der Waals surface area contributed by atoms with E-state index in [1.54, 1.807) is 44.8 Å². The minimum atomic E-state index is -0.215. The van der Waals surface area contributed by atoms with Crippen LogP contribution in [-0.4, -0.2) is 47.0 Å². The quantitative estimate of drug-likeness (QED) is 0.307. The molecule has 0 aliphatic rings. The van der Waals surface area contributed by atoms with Crippen molar-refractivity contribution in [3.05, 3.63) is 58.7 Å². The topological polar surface area (TPSA) is 118 Å². The number of ether oxygens (including phenoxy) is 2. The second-order valence-electron chi connectivity index (χ2n) is 9.74. The van der Waals surface area contributed by atoms with Gasteiger partial charge in [-0.25, -0.2) is 9.97 Å². The SMILES string of the molecule is COc1ccc(OC)c(CNC(=O)c2ccc(-c3cnc4[nH]cc(C(=O)NC(C)C(C)(C)C)c4n3)s2)c1. The Morgan fingerprint density at radius 2 is 1.89 bits per heavy atom. The zero-order valence-corrected chi connectivity index (χ0v) is 22.6. The number of nitrogens with zero attached hydrogens (tertiary/aromatic N) is 2. The van der Waals surface area contributed by atoms with Gasteiger partial charge in [-0.2, -0.15) is 0 Å². The van der Waals surface area contributed by atoms with Crippen LogP contribution in [0.5, 0.6) is 11.5 Å². The molecule has 0 radical (unpaired) electrons. The number of fused-ring (bicyclic) bond motifs is 1. The predicted octanol–water partition coefficient (Wildman–Crippen LogP) is 4.80. The summed E-state index contributed by atoms with van der Waals surface area (Å²) in [5.41, 5.74) is 2.76. The molecular formula is C27H31N5O4S. The van der Waals surface area contributed by atoms with E-state index >= 15 is 0 Å². The average Bonchev–Trinajstić information content (AvgIpc) is 3.53. The van der Waals surface area contributed by atoms with Crippen molar-refractivity contribution in [2.45, 2.75) is 40.3 Å². The highest BCUT2D eigenvalue weighted by Gasteiger charge is 2.24. The second kappa shape index (κ2) is 10.6. The molecular weight excluding hydrogens is 490 g/mol. The van der Waals surface area contributed by atoms with Gasteiger partial charge in [0, 0.05) is 24.3 Å². The van der Waals surface area contributed by atoms with Crippen LogP contribution in [0.2, 0.25) is 0 Å². The number of aromatic amines is 1. The maximum atomic E-state index is 12.9. The van der Waals surface area contributed by atoms with Crippen LogP contribution in [0, 0.1) is 5.41 Å². The highest BCUT2D eigenvalue weighted by molar-refractivity contribution is 7.17. The average molecular weight is 522 g/mol. The summed E-state index contributed by atoms with van der Waals surface area (Å²) >= 11 is 1.31. The van der Waals surface area contributed by atoms with Gasteiger partial charge in [-0.3, -0.25) is 9.59 Å². The highest BCUT2D eigenvalue weighted by atomic mass is 32.1. The summed E-state index contributed by atoms with van der Waals surface area (Å²) < 4.78 is 10.7. The monoisotopic (exact) mass is 521 g/mol. The number of H-pyrrole nitrogens is 1. The lowest BCUT2D eigenvalue weighted by Gasteiger charge is -2.27. The fraction of sp³-hybridized carbons (Fsp3) is 0.333. The van der Waals surface area contributed by atoms with Gasteiger partial charge in [-0.15, -0.1) is 11.3 Å². The first-order valence-corrected chi connectivity index (χ1v) is 12.7. The van der Waals surface area contributed by atoms with Crippen LogP contribution in [0.25, 0.3) is 21.7 Å². The van der Waals surface area contributed by atoms with Gasteiger partial charge in [-0.1, -0.05) is 20.8 Å². The molecule has 10 heteroatoms. The molecule has 2 amide bonds. The van der Waals surface area contributed by atoms with Gasteiger partial charge in [0.1, 0.15) is 17.0 Å². The van der Waals surface area contributed by atoms with Crippen molar-refractivity contribution >= 4 is 34.3 Å². The van der Waals surface area contributed by atoms with E-state index in [-0.39, 0.29) is 29.8 Å². The van der Waals surface area contributed by atoms with Gasteiger partial charge in [0.05, 0.1) is 41.4 Å². The third-order valence-electron chi connectivity index (χ3n) is 6.28. The van der Waals surface area contributed by atoms with Crippen molar-refractivity contribution in [1.29, 1.82) is 0 Å². The molecule has 0 aliphatic heterocycles. The van der Waals surface area contributed by atoms with Gasteiger partial charge in [0.25, 0.3) is 11.8 Å². The molecule has 9 nitrogen and oxygen atoms in total. The van der Waals surface area contributed by atoms with Crippen molar-refractivity contribution in [3.63, 3.8) is 0 Å². The first kappa shape index (κ1) is 26.2. The summed E-state index contributed by atoms with van der Waals surface area (Å²) in [6.45, 7) is 8.48. The fourth-order valence-electron chi connectivity index (χ4n) is 3.55. The van der Waals surface area contributed by atoms with Crippen LogP contribution in [-0.2, 0) is 6.54 Å². The molecule has 4 rings (SSSR count). The van der Waals surface area contributed by atoms with Crippen LogP contribution in [0.4, 0.5) is 0 Å². The van der Waals surface area contributed by atoms with Crippen LogP contribution >= 0.6 is 11.3 Å². The lowest BCUT2D eigenvalue weighted by Crippen LogP contribution is -2.41. The fourth-order valence-corrected chi connectivity index (χ4v) is 4.43. The van der Waals surface area contributed by atoms with Gasteiger partial charge in [0.2, 0.25) is 0 Å². The van der Waals surface area contributed by atoms with E-state index in [4.69, 9.17) is 14.5 Å². The van der Waals surface area contributed by atoms with Crippen molar-refractivity contribution in [2.75, 3.05) is 14.2 Å². The number of aromatic nitrogens is 3. The van der Waals surface area contributed by atoms with Crippen LogP contribution in [0.1, 0.15) is 53.3 Å². The molecule has 37 heavy (non-hydrogen) atoms. The molecule has 1 aromatic carbocycles. The number of nitrogens with one attached hydrogen (secondary N) is 3. The Labute approximate surface area is 219 Å². The summed E-state index contributed by atoms with van der Waals surface area (Å²) in [7, 11) is 3.17. The summed E-state index contributed by atoms with van der Waals surface area (Å²) in [6.07, 6.45) is 3.26. The number of carbonyl (C=O) groups excluding carboxylic acids is 2. The van der Waals surface area contributed by atoms with Crippen LogP contribution in [0.15, 0.2) is 42.7 Å². The third kappa shape index (κ3) is 5.75. The maximum Gasteiger partial charge on any atom is 0.261 e. The summed E-state index contributed by atoms with van der Waals surface area (Å²) in [5.74, 6) is 0.926. The molecule has 0 aliphatic carbocycles. The highest BCUT2D eigenvalue weighted by Crippen LogP contribution is 2.29. The zero-order valence-electron chi connectivity index (χ0n) is 21.8. The minimum absolute atomic E-state index is 0.0311. The number of benzene rings is 1. The van der Waals surface area contributed by atoms with E-state index in [0.717, 1.165) is 10.4 Å². The Balaban J connectivity index is 1.51. The van der Waals surface area contributed by atoms with Crippen LogP contribution < -0.4 is 20.1 Å². The molecule has 0 saturated heterocycles. The number of carbonyl (C=O) groups is 2. The van der Waals surface area contributed by atoms with Crippen LogP contribution in [0.3, 0.4) is 0 Å². The Bertz CT molecular complexity index is 1440. The van der Waals surface area contributed by atoms with E-state index in [1.807, 2.05) is 19.1 Å². The molecule has 3 N–H and O–H groups in total. The van der Waals surface area contributed by atoms with Crippen molar-refractivity contribution in [3.8, 4) is 22.1 Å². The van der Waals surface area contributed by atoms with E-state index in [0.29, 0.717) is 38.8 Å². The van der Waals surface area contributed by atoms with Crippen molar-refractivity contribution in [2.24, 2.45) is 5.41 Å². The molecule has 3 heterocycles. The van der Waals surface area contributed by atoms with Gasteiger partial charge in [0.15, 0.2) is 5.65 Å². The lowest BCUT2D eigenvalue weighted by atomic mass is 9.88. The number of hydrogen-bond donors (Lipinski definition) is 3. The van der Waals surface area contributed by atoms with E-state index < -0.39 is 0 Å². The number of hydrogen-bond acceptors (Lipinski definition) is 7. The van der Waals surface area contributed by atoms with E-state index in [1.165, 1.54) is 11.3 Å². The minimum Gasteiger partial charge on any atom is -0.497 e. The van der Waals surface area contributed by atoms with Gasteiger partial charge >= 0.3 is 0 Å². The summed E-state index contributed by atoms with van der Waals surface area (Å²) in [6, 6.07) is 8.98. The lowest BCUT2D eigenvalue weighted by molar-refractivity contribution is 0.0910. The van der Waals surface area contributed by atoms with Crippen molar-refractivity contribution < 1.29 is 19.1 Å². The van der Waals surface area contributed by atoms with Gasteiger partial charge in [-0.05, 0) is 42.7 Å². The maximum absolute atomic E-state index is 12.9. The molecule has 0 saturated carbocycles. The smallest absolute Gasteiger partial charge is 0.261 e. The molecule has 0 bridgehead atoms. The molecule has 1 unspecified atom stereocenters. The number of thiophene rings is 1. The van der Waals surface area contributed by atoms with Crippen molar-refractivity contribution in [1.82, 2.24) is 25.6 Å². The largest absolute Gasteiger partial charge is 0.497 e. The molecule has 3 aromatic heterocycles. The normalized spacial score (nSPS) is 12.3. The zero-order chi connectivity index (χ0) is 26.7. The standard InChI is InChI=1S/C27H31N5O4S/c1-15(27(2,3)4)31-25(33)18-13-28-24-23(18)32-19(14-29-24)21-9-10-22(37-21)26(34)30-12-16-11-17(35-5)7-8-20(16)36-6/h7-11,13-15H,12H2,1-6H3,(H,28,29)(H,30,34)(H,31,33). The number of methoxy groups -OCH3 is 2.